The second-order valence-electron chi connectivity index (χ2n) is 7.51. The number of nitrogens with one attached hydrogen (secondary N) is 1. The molecular formula is C20H23N3O4S. The van der Waals surface area contributed by atoms with Crippen molar-refractivity contribution in [2.24, 2.45) is 5.41 Å². The number of fused-ring (bicyclic) bond motifs is 1. The first-order valence-electron chi connectivity index (χ1n) is 9.63. The van der Waals surface area contributed by atoms with Crippen LogP contribution >= 0.6 is 11.3 Å². The van der Waals surface area contributed by atoms with Gasteiger partial charge in [-0.2, -0.15) is 0 Å². The van der Waals surface area contributed by atoms with E-state index in [9.17, 15) is 14.4 Å². The predicted octanol–water partition coefficient (Wildman–Crippen LogP) is 2.88. The molecule has 2 fully saturated rings. The van der Waals surface area contributed by atoms with E-state index in [1.165, 1.54) is 6.92 Å². The molecule has 2 heterocycles. The molecule has 7 nitrogen and oxygen atoms in total. The molecule has 2 aliphatic rings. The van der Waals surface area contributed by atoms with Crippen LogP contribution in [0.4, 0.5) is 4.79 Å². The molecule has 28 heavy (non-hydrogen) atoms. The number of benzene rings is 1. The van der Waals surface area contributed by atoms with Crippen molar-refractivity contribution in [1.29, 1.82) is 0 Å². The van der Waals surface area contributed by atoms with Crippen molar-refractivity contribution in [3.63, 3.8) is 0 Å². The minimum absolute atomic E-state index is 0.302. The Morgan fingerprint density at radius 1 is 1.32 bits per heavy atom. The van der Waals surface area contributed by atoms with Crippen LogP contribution in [0.3, 0.4) is 0 Å². The molecule has 2 aromatic rings. The summed E-state index contributed by atoms with van der Waals surface area (Å²) in [5.74, 6) is -0.832. The van der Waals surface area contributed by atoms with Crippen LogP contribution in [-0.2, 0) is 20.7 Å². The van der Waals surface area contributed by atoms with Gasteiger partial charge in [0.05, 0.1) is 20.6 Å². The second-order valence-corrected chi connectivity index (χ2v) is 8.62. The smallest absolute Gasteiger partial charge is 0.324 e. The minimum atomic E-state index is -0.982. The lowest BCUT2D eigenvalue weighted by molar-refractivity contribution is -0.166. The quantitative estimate of drug-likeness (QED) is 0.779. The standard InChI is InChI=1S/C20H23N3O4S/c1-13(17(24)23-11-10-21-19(23)26)27-18(25)20(8-4-5-9-20)12-16-22-14-6-2-3-7-15(14)28-16/h2-3,6-7,13H,4-5,8-12H2,1H3,(H,21,26)/t13-/m0/s1. The second kappa shape index (κ2) is 7.50. The van der Waals surface area contributed by atoms with E-state index in [1.807, 2.05) is 24.3 Å². The van der Waals surface area contributed by atoms with Gasteiger partial charge in [-0.1, -0.05) is 25.0 Å². The fourth-order valence-corrected chi connectivity index (χ4v) is 5.14. The summed E-state index contributed by atoms with van der Waals surface area (Å²) in [6.07, 6.45) is 2.91. The number of hydrogen-bond acceptors (Lipinski definition) is 6. The summed E-state index contributed by atoms with van der Waals surface area (Å²) in [5.41, 5.74) is 0.294. The van der Waals surface area contributed by atoms with Gasteiger partial charge in [0.1, 0.15) is 0 Å². The number of nitrogens with zero attached hydrogens (tertiary/aromatic N) is 2. The van der Waals surface area contributed by atoms with Crippen LogP contribution in [0.15, 0.2) is 24.3 Å². The number of urea groups is 1. The van der Waals surface area contributed by atoms with E-state index in [-0.39, 0.29) is 5.97 Å². The Balaban J connectivity index is 1.49. The molecule has 1 aromatic heterocycles. The molecule has 1 saturated heterocycles. The molecule has 0 bridgehead atoms. The lowest BCUT2D eigenvalue weighted by Gasteiger charge is -2.28. The van der Waals surface area contributed by atoms with Crippen molar-refractivity contribution >= 4 is 39.5 Å². The Bertz CT molecular complexity index is 886. The summed E-state index contributed by atoms with van der Waals surface area (Å²) in [7, 11) is 0. The summed E-state index contributed by atoms with van der Waals surface area (Å²) >= 11 is 1.60. The van der Waals surface area contributed by atoms with Gasteiger partial charge < -0.3 is 10.1 Å². The molecule has 0 radical (unpaired) electrons. The Morgan fingerprint density at radius 3 is 2.75 bits per heavy atom. The monoisotopic (exact) mass is 401 g/mol. The van der Waals surface area contributed by atoms with Gasteiger partial charge >= 0.3 is 12.0 Å². The average molecular weight is 401 g/mol. The fourth-order valence-electron chi connectivity index (χ4n) is 4.03. The number of ether oxygens (including phenoxy) is 1. The van der Waals surface area contributed by atoms with Crippen molar-refractivity contribution in [3.8, 4) is 0 Å². The first kappa shape index (κ1) is 18.9. The number of carbonyl (C=O) groups is 3. The maximum absolute atomic E-state index is 13.1. The highest BCUT2D eigenvalue weighted by atomic mass is 32.1. The molecule has 1 atom stereocenters. The van der Waals surface area contributed by atoms with E-state index in [1.54, 1.807) is 11.3 Å². The molecule has 1 saturated carbocycles. The van der Waals surface area contributed by atoms with Gasteiger partial charge in [0.15, 0.2) is 6.10 Å². The lowest BCUT2D eigenvalue weighted by Crippen LogP contribution is -2.44. The number of carbonyl (C=O) groups excluding carboxylic acids is 3. The van der Waals surface area contributed by atoms with Crippen LogP contribution in [-0.4, -0.2) is 47.0 Å². The molecule has 0 spiro atoms. The zero-order chi connectivity index (χ0) is 19.7. The molecule has 8 heteroatoms. The van der Waals surface area contributed by atoms with Gasteiger partial charge in [-0.15, -0.1) is 11.3 Å². The minimum Gasteiger partial charge on any atom is -0.452 e. The van der Waals surface area contributed by atoms with E-state index in [0.29, 0.717) is 19.5 Å². The van der Waals surface area contributed by atoms with E-state index >= 15 is 0 Å². The molecule has 1 aromatic carbocycles. The number of esters is 1. The number of imide groups is 1. The molecule has 1 aliphatic heterocycles. The lowest BCUT2D eigenvalue weighted by atomic mass is 9.83. The number of hydrogen-bond donors (Lipinski definition) is 1. The summed E-state index contributed by atoms with van der Waals surface area (Å²) in [6.45, 7) is 2.26. The van der Waals surface area contributed by atoms with Crippen molar-refractivity contribution in [2.75, 3.05) is 13.1 Å². The average Bonchev–Trinajstić information content (AvgIpc) is 3.40. The largest absolute Gasteiger partial charge is 0.452 e. The number of amides is 3. The first-order chi connectivity index (χ1) is 13.5. The SMILES string of the molecule is C[C@H](OC(=O)C1(Cc2nc3ccccc3s2)CCCC1)C(=O)N1CCNC1=O. The van der Waals surface area contributed by atoms with Gasteiger partial charge in [-0.3, -0.25) is 14.5 Å². The number of aromatic nitrogens is 1. The third kappa shape index (κ3) is 3.48. The third-order valence-electron chi connectivity index (χ3n) is 5.58. The van der Waals surface area contributed by atoms with Crippen LogP contribution in [0.1, 0.15) is 37.6 Å². The summed E-state index contributed by atoms with van der Waals surface area (Å²) in [6, 6.07) is 7.49. The third-order valence-corrected chi connectivity index (χ3v) is 6.61. The van der Waals surface area contributed by atoms with Gasteiger partial charge in [-0.05, 0) is 31.9 Å². The predicted molar refractivity (Wildman–Crippen MR) is 105 cm³/mol. The van der Waals surface area contributed by atoms with E-state index < -0.39 is 23.5 Å². The maximum Gasteiger partial charge on any atom is 0.324 e. The van der Waals surface area contributed by atoms with Crippen LogP contribution in [0.5, 0.6) is 0 Å². The van der Waals surface area contributed by atoms with Gasteiger partial charge in [0.2, 0.25) is 0 Å². The van der Waals surface area contributed by atoms with E-state index in [2.05, 4.69) is 10.3 Å². The first-order valence-corrected chi connectivity index (χ1v) is 10.4. The van der Waals surface area contributed by atoms with Crippen molar-refractivity contribution < 1.29 is 19.1 Å². The molecule has 4 rings (SSSR count). The Hall–Kier alpha value is -2.48. The van der Waals surface area contributed by atoms with Crippen molar-refractivity contribution in [2.45, 2.75) is 45.1 Å². The van der Waals surface area contributed by atoms with Gasteiger partial charge in [-0.25, -0.2) is 9.78 Å². The van der Waals surface area contributed by atoms with Crippen LogP contribution in [0.2, 0.25) is 0 Å². The summed E-state index contributed by atoms with van der Waals surface area (Å²) < 4.78 is 6.67. The number of rotatable bonds is 5. The number of para-hydroxylation sites is 1. The normalized spacial score (nSPS) is 19.6. The van der Waals surface area contributed by atoms with Crippen LogP contribution in [0, 0.1) is 5.41 Å². The zero-order valence-electron chi connectivity index (χ0n) is 15.8. The number of thiazole rings is 1. The zero-order valence-corrected chi connectivity index (χ0v) is 16.6. The van der Waals surface area contributed by atoms with E-state index in [4.69, 9.17) is 4.74 Å². The highest BCUT2D eigenvalue weighted by Crippen LogP contribution is 2.43. The summed E-state index contributed by atoms with van der Waals surface area (Å²) in [4.78, 5) is 43.0. The molecule has 148 valence electrons. The van der Waals surface area contributed by atoms with Crippen LogP contribution in [0.25, 0.3) is 10.2 Å². The van der Waals surface area contributed by atoms with Crippen molar-refractivity contribution in [1.82, 2.24) is 15.2 Å². The van der Waals surface area contributed by atoms with E-state index in [0.717, 1.165) is 45.8 Å². The van der Waals surface area contributed by atoms with Crippen LogP contribution < -0.4 is 5.32 Å². The molecular weight excluding hydrogens is 378 g/mol. The highest BCUT2D eigenvalue weighted by Gasteiger charge is 2.45. The molecule has 1 N–H and O–H groups in total. The molecule has 1 aliphatic carbocycles. The van der Waals surface area contributed by atoms with Crippen molar-refractivity contribution in [3.05, 3.63) is 29.3 Å². The maximum atomic E-state index is 13.1. The highest BCUT2D eigenvalue weighted by molar-refractivity contribution is 7.18. The van der Waals surface area contributed by atoms with Gasteiger partial charge in [0, 0.05) is 19.5 Å². The molecule has 3 amide bonds. The topological polar surface area (TPSA) is 88.6 Å². The molecule has 0 unspecified atom stereocenters. The Labute approximate surface area is 167 Å². The Morgan fingerprint density at radius 2 is 2.07 bits per heavy atom. The fraction of sp³-hybridized carbons (Fsp3) is 0.500. The Kier molecular flexibility index (Phi) is 5.05. The van der Waals surface area contributed by atoms with Gasteiger partial charge in [0.25, 0.3) is 5.91 Å². The summed E-state index contributed by atoms with van der Waals surface area (Å²) in [5, 5.41) is 3.50.